The van der Waals surface area contributed by atoms with Crippen molar-refractivity contribution in [3.8, 4) is 5.75 Å². The van der Waals surface area contributed by atoms with Crippen LogP contribution in [0.1, 0.15) is 22.3 Å². The minimum absolute atomic E-state index is 0.142. The molecule has 0 fully saturated rings. The fraction of sp³-hybridized carbons (Fsp3) is 0.217. The Morgan fingerprint density at radius 3 is 2.31 bits per heavy atom. The fourth-order valence-electron chi connectivity index (χ4n) is 2.78. The molecule has 0 spiro atoms. The van der Waals surface area contributed by atoms with Crippen LogP contribution in [0.4, 0.5) is 4.39 Å². The summed E-state index contributed by atoms with van der Waals surface area (Å²) in [5, 5.41) is 3.38. The molecule has 0 amide bonds. The number of rotatable bonds is 8. The van der Waals surface area contributed by atoms with Gasteiger partial charge < -0.3 is 10.1 Å². The maximum Gasteiger partial charge on any atom is 0.126 e. The Kier molecular flexibility index (Phi) is 6.39. The van der Waals surface area contributed by atoms with Crippen LogP contribution < -0.4 is 10.1 Å². The molecule has 0 aromatic heterocycles. The zero-order valence-corrected chi connectivity index (χ0v) is 15.0. The number of aryl methyl sites for hydroxylation is 1. The Bertz CT molecular complexity index is 830. The fourth-order valence-corrected chi connectivity index (χ4v) is 2.78. The highest BCUT2D eigenvalue weighted by atomic mass is 19.1. The second-order valence-corrected chi connectivity index (χ2v) is 6.40. The van der Waals surface area contributed by atoms with Crippen molar-refractivity contribution in [1.82, 2.24) is 5.32 Å². The summed E-state index contributed by atoms with van der Waals surface area (Å²) in [6, 6.07) is 23.3. The third-order valence-electron chi connectivity index (χ3n) is 4.33. The molecule has 0 aliphatic heterocycles. The van der Waals surface area contributed by atoms with Gasteiger partial charge in [0.15, 0.2) is 0 Å². The summed E-state index contributed by atoms with van der Waals surface area (Å²) >= 11 is 0. The van der Waals surface area contributed by atoms with Crippen molar-refractivity contribution in [3.05, 3.63) is 101 Å². The topological polar surface area (TPSA) is 21.3 Å². The maximum absolute atomic E-state index is 13.6. The summed E-state index contributed by atoms with van der Waals surface area (Å²) in [7, 11) is 0. The summed E-state index contributed by atoms with van der Waals surface area (Å²) < 4.78 is 19.6. The van der Waals surface area contributed by atoms with Crippen LogP contribution in [-0.2, 0) is 19.6 Å². The van der Waals surface area contributed by atoms with E-state index >= 15 is 0 Å². The van der Waals surface area contributed by atoms with Crippen LogP contribution in [0.15, 0.2) is 72.8 Å². The molecule has 3 aromatic carbocycles. The highest BCUT2D eigenvalue weighted by Crippen LogP contribution is 2.19. The van der Waals surface area contributed by atoms with Crippen molar-refractivity contribution in [2.24, 2.45) is 0 Å². The van der Waals surface area contributed by atoms with E-state index in [9.17, 15) is 4.39 Å². The smallest absolute Gasteiger partial charge is 0.126 e. The van der Waals surface area contributed by atoms with Gasteiger partial charge in [0, 0.05) is 12.1 Å². The lowest BCUT2D eigenvalue weighted by molar-refractivity contribution is 0.302. The first-order valence-corrected chi connectivity index (χ1v) is 8.93. The van der Waals surface area contributed by atoms with Crippen LogP contribution in [0.5, 0.6) is 5.75 Å². The molecule has 26 heavy (non-hydrogen) atoms. The molecule has 0 unspecified atom stereocenters. The van der Waals surface area contributed by atoms with E-state index in [1.165, 1.54) is 11.6 Å². The lowest BCUT2D eigenvalue weighted by Gasteiger charge is -2.12. The van der Waals surface area contributed by atoms with E-state index < -0.39 is 0 Å². The molecule has 0 saturated heterocycles. The molecule has 0 bridgehead atoms. The molecule has 3 aromatic rings. The lowest BCUT2D eigenvalue weighted by atomic mass is 10.1. The lowest BCUT2D eigenvalue weighted by Crippen LogP contribution is -2.17. The van der Waals surface area contributed by atoms with Crippen molar-refractivity contribution in [3.63, 3.8) is 0 Å². The molecule has 1 N–H and O–H groups in total. The minimum atomic E-state index is -0.142. The molecule has 134 valence electrons. The molecule has 0 aliphatic carbocycles. The van der Waals surface area contributed by atoms with Crippen LogP contribution in [0, 0.1) is 12.7 Å². The van der Waals surface area contributed by atoms with E-state index in [2.05, 4.69) is 42.6 Å². The van der Waals surface area contributed by atoms with Gasteiger partial charge in [0.1, 0.15) is 18.2 Å². The van der Waals surface area contributed by atoms with Crippen molar-refractivity contribution < 1.29 is 9.13 Å². The van der Waals surface area contributed by atoms with Gasteiger partial charge in [0.25, 0.3) is 0 Å². The summed E-state index contributed by atoms with van der Waals surface area (Å²) in [6.07, 6.45) is 0.666. The van der Waals surface area contributed by atoms with E-state index in [-0.39, 0.29) is 5.82 Å². The van der Waals surface area contributed by atoms with Crippen LogP contribution >= 0.6 is 0 Å². The van der Waals surface area contributed by atoms with E-state index in [0.29, 0.717) is 26.1 Å². The summed E-state index contributed by atoms with van der Waals surface area (Å²) in [4.78, 5) is 0. The van der Waals surface area contributed by atoms with Crippen LogP contribution in [0.3, 0.4) is 0 Å². The predicted molar refractivity (Wildman–Crippen MR) is 104 cm³/mol. The SMILES string of the molecule is Cc1ccc(COc2ccccc2CNCCc2ccccc2F)cc1. The van der Waals surface area contributed by atoms with Gasteiger partial charge in [-0.15, -0.1) is 0 Å². The third-order valence-corrected chi connectivity index (χ3v) is 4.33. The molecule has 3 heteroatoms. The van der Waals surface area contributed by atoms with Gasteiger partial charge in [-0.25, -0.2) is 4.39 Å². The molecule has 0 saturated carbocycles. The van der Waals surface area contributed by atoms with Gasteiger partial charge >= 0.3 is 0 Å². The Morgan fingerprint density at radius 2 is 1.54 bits per heavy atom. The summed E-state index contributed by atoms with van der Waals surface area (Å²) in [5.74, 6) is 0.739. The zero-order valence-electron chi connectivity index (χ0n) is 15.0. The van der Waals surface area contributed by atoms with Gasteiger partial charge in [0.05, 0.1) is 0 Å². The highest BCUT2D eigenvalue weighted by Gasteiger charge is 2.04. The van der Waals surface area contributed by atoms with Gasteiger partial charge in [0.2, 0.25) is 0 Å². The standard InChI is InChI=1S/C23H24FNO/c1-18-10-12-19(13-11-18)17-26-23-9-5-3-7-21(23)16-25-15-14-20-6-2-4-8-22(20)24/h2-13,25H,14-17H2,1H3. The first kappa shape index (κ1) is 18.2. The second kappa shape index (κ2) is 9.16. The predicted octanol–water partition coefficient (Wildman–Crippen LogP) is 5.05. The van der Waals surface area contributed by atoms with Crippen LogP contribution in [0.25, 0.3) is 0 Å². The Balaban J connectivity index is 1.52. The van der Waals surface area contributed by atoms with E-state index in [1.54, 1.807) is 6.07 Å². The second-order valence-electron chi connectivity index (χ2n) is 6.40. The number of hydrogen-bond donors (Lipinski definition) is 1. The first-order chi connectivity index (χ1) is 12.7. The summed E-state index contributed by atoms with van der Waals surface area (Å²) in [5.41, 5.74) is 4.24. The molecule has 0 radical (unpaired) electrons. The monoisotopic (exact) mass is 349 g/mol. The molecule has 3 rings (SSSR count). The van der Waals surface area contributed by atoms with Crippen molar-refractivity contribution in [2.45, 2.75) is 26.5 Å². The van der Waals surface area contributed by atoms with Crippen molar-refractivity contribution in [1.29, 1.82) is 0 Å². The molecule has 0 atom stereocenters. The minimum Gasteiger partial charge on any atom is -0.489 e. The van der Waals surface area contributed by atoms with Crippen molar-refractivity contribution >= 4 is 0 Å². The Hall–Kier alpha value is -2.65. The number of ether oxygens (including phenoxy) is 1. The number of nitrogens with one attached hydrogen (secondary N) is 1. The highest BCUT2D eigenvalue weighted by molar-refractivity contribution is 5.33. The van der Waals surface area contributed by atoms with E-state index in [1.807, 2.05) is 30.3 Å². The molecular weight excluding hydrogens is 325 g/mol. The maximum atomic E-state index is 13.6. The van der Waals surface area contributed by atoms with Crippen LogP contribution in [0.2, 0.25) is 0 Å². The molecular formula is C23H24FNO. The number of para-hydroxylation sites is 1. The van der Waals surface area contributed by atoms with Gasteiger partial charge in [-0.05, 0) is 43.1 Å². The Morgan fingerprint density at radius 1 is 0.846 bits per heavy atom. The van der Waals surface area contributed by atoms with Gasteiger partial charge in [-0.2, -0.15) is 0 Å². The van der Waals surface area contributed by atoms with Crippen molar-refractivity contribution in [2.75, 3.05) is 6.54 Å². The zero-order chi connectivity index (χ0) is 18.2. The third kappa shape index (κ3) is 5.17. The number of hydrogen-bond acceptors (Lipinski definition) is 2. The first-order valence-electron chi connectivity index (χ1n) is 8.93. The summed E-state index contributed by atoms with van der Waals surface area (Å²) in [6.45, 7) is 4.03. The number of benzene rings is 3. The average Bonchev–Trinajstić information content (AvgIpc) is 2.67. The van der Waals surface area contributed by atoms with Gasteiger partial charge in [-0.1, -0.05) is 66.2 Å². The molecule has 0 aliphatic rings. The largest absolute Gasteiger partial charge is 0.489 e. The number of halogens is 1. The van der Waals surface area contributed by atoms with E-state index in [0.717, 1.165) is 22.4 Å². The van der Waals surface area contributed by atoms with Gasteiger partial charge in [-0.3, -0.25) is 0 Å². The van der Waals surface area contributed by atoms with Crippen LogP contribution in [-0.4, -0.2) is 6.54 Å². The Labute approximate surface area is 154 Å². The molecule has 2 nitrogen and oxygen atoms in total. The average molecular weight is 349 g/mol. The quantitative estimate of drug-likeness (QED) is 0.575. The van der Waals surface area contributed by atoms with E-state index in [4.69, 9.17) is 4.74 Å². The molecule has 0 heterocycles. The normalized spacial score (nSPS) is 10.7.